The summed E-state index contributed by atoms with van der Waals surface area (Å²) >= 11 is 0. The van der Waals surface area contributed by atoms with E-state index < -0.39 is 0 Å². The maximum absolute atomic E-state index is 12.3. The Balaban J connectivity index is 1.73. The van der Waals surface area contributed by atoms with Gasteiger partial charge in [0, 0.05) is 12.1 Å². The smallest absolute Gasteiger partial charge is 0.319 e. The number of rotatable bonds is 1. The molecule has 2 amide bonds. The maximum Gasteiger partial charge on any atom is 0.319 e. The van der Waals surface area contributed by atoms with E-state index in [0.29, 0.717) is 43.3 Å². The van der Waals surface area contributed by atoms with Crippen molar-refractivity contribution in [3.05, 3.63) is 35.5 Å². The molecule has 2 aliphatic heterocycles. The molecule has 6 heteroatoms. The molecule has 114 valence electrons. The van der Waals surface area contributed by atoms with Gasteiger partial charge in [-0.25, -0.2) is 4.79 Å². The van der Waals surface area contributed by atoms with Gasteiger partial charge in [-0.1, -0.05) is 12.1 Å². The zero-order valence-electron chi connectivity index (χ0n) is 11.9. The first kappa shape index (κ1) is 13.2. The molecule has 1 fully saturated rings. The second kappa shape index (κ2) is 5.05. The van der Waals surface area contributed by atoms with Crippen molar-refractivity contribution in [2.45, 2.75) is 18.9 Å². The van der Waals surface area contributed by atoms with Crippen LogP contribution in [0.15, 0.2) is 30.0 Å². The van der Waals surface area contributed by atoms with E-state index in [9.17, 15) is 9.59 Å². The van der Waals surface area contributed by atoms with Crippen molar-refractivity contribution in [3.63, 3.8) is 0 Å². The van der Waals surface area contributed by atoms with E-state index in [4.69, 9.17) is 9.47 Å². The standard InChI is InChI=1S/C16H16N2O4/c19-11-3-1-2-10-14(11)15(18-16(20)17-10)9-4-5-12-13(8-9)22-7-6-21-12/h2,4-5,8,14-15H,1,3,6-7H2,(H2,17,18,20)/t14-,15-/m1/s1. The van der Waals surface area contributed by atoms with Crippen molar-refractivity contribution in [1.29, 1.82) is 0 Å². The third-order valence-electron chi connectivity index (χ3n) is 4.24. The van der Waals surface area contributed by atoms with E-state index in [1.165, 1.54) is 0 Å². The summed E-state index contributed by atoms with van der Waals surface area (Å²) < 4.78 is 11.1. The van der Waals surface area contributed by atoms with Crippen LogP contribution in [0.1, 0.15) is 24.4 Å². The Kier molecular flexibility index (Phi) is 3.03. The van der Waals surface area contributed by atoms with Crippen LogP contribution in [0.2, 0.25) is 0 Å². The van der Waals surface area contributed by atoms with Crippen molar-refractivity contribution in [1.82, 2.24) is 10.6 Å². The molecule has 1 saturated heterocycles. The number of Topliss-reactive ketones (excluding diaryl/α,β-unsaturated/α-hetero) is 1. The summed E-state index contributed by atoms with van der Waals surface area (Å²) in [4.78, 5) is 24.2. The highest BCUT2D eigenvalue weighted by Crippen LogP contribution is 2.38. The Bertz CT molecular complexity index is 683. The van der Waals surface area contributed by atoms with Gasteiger partial charge in [-0.05, 0) is 24.1 Å². The number of carbonyl (C=O) groups excluding carboxylic acids is 2. The second-order valence-corrected chi connectivity index (χ2v) is 5.62. The van der Waals surface area contributed by atoms with Crippen molar-refractivity contribution in [2.24, 2.45) is 5.92 Å². The number of nitrogens with one attached hydrogen (secondary N) is 2. The number of ketones is 1. The Hall–Kier alpha value is -2.50. The van der Waals surface area contributed by atoms with Gasteiger partial charge in [-0.3, -0.25) is 4.79 Å². The fourth-order valence-electron chi connectivity index (χ4n) is 3.24. The zero-order chi connectivity index (χ0) is 15.1. The van der Waals surface area contributed by atoms with Gasteiger partial charge in [0.15, 0.2) is 11.5 Å². The summed E-state index contributed by atoms with van der Waals surface area (Å²) in [6.07, 6.45) is 3.13. The Morgan fingerprint density at radius 1 is 1.09 bits per heavy atom. The molecular formula is C16H16N2O4. The molecule has 1 aromatic carbocycles. The minimum atomic E-state index is -0.372. The Morgan fingerprint density at radius 3 is 2.77 bits per heavy atom. The van der Waals surface area contributed by atoms with Crippen molar-refractivity contribution in [3.8, 4) is 11.5 Å². The molecule has 0 unspecified atom stereocenters. The lowest BCUT2D eigenvalue weighted by atomic mass is 9.80. The third-order valence-corrected chi connectivity index (χ3v) is 4.24. The van der Waals surface area contributed by atoms with Crippen LogP contribution in [-0.2, 0) is 4.79 Å². The number of fused-ring (bicyclic) bond motifs is 2. The van der Waals surface area contributed by atoms with Crippen LogP contribution in [0, 0.1) is 5.92 Å². The first-order valence-electron chi connectivity index (χ1n) is 7.42. The predicted octanol–water partition coefficient (Wildman–Crippen LogP) is 1.67. The number of urea groups is 1. The molecule has 0 saturated carbocycles. The Labute approximate surface area is 127 Å². The minimum absolute atomic E-state index is 0.143. The topological polar surface area (TPSA) is 76.7 Å². The SMILES string of the molecule is O=C1NC2=CCCC(=O)[C@@H]2[C@@H](c2ccc3c(c2)OCCO3)N1. The van der Waals surface area contributed by atoms with Gasteiger partial charge in [-0.15, -0.1) is 0 Å². The molecule has 1 aromatic rings. The monoisotopic (exact) mass is 300 g/mol. The molecule has 22 heavy (non-hydrogen) atoms. The molecule has 3 aliphatic rings. The lowest BCUT2D eigenvalue weighted by molar-refractivity contribution is -0.123. The summed E-state index contributed by atoms with van der Waals surface area (Å²) in [5.74, 6) is 1.14. The van der Waals surface area contributed by atoms with E-state index in [-0.39, 0.29) is 23.8 Å². The summed E-state index contributed by atoms with van der Waals surface area (Å²) in [5, 5.41) is 5.61. The van der Waals surface area contributed by atoms with E-state index in [1.54, 1.807) is 0 Å². The highest BCUT2D eigenvalue weighted by atomic mass is 16.6. The number of ether oxygens (including phenoxy) is 2. The molecule has 0 aromatic heterocycles. The lowest BCUT2D eigenvalue weighted by Gasteiger charge is -2.36. The zero-order valence-corrected chi connectivity index (χ0v) is 11.9. The van der Waals surface area contributed by atoms with E-state index in [2.05, 4.69) is 10.6 Å². The van der Waals surface area contributed by atoms with E-state index >= 15 is 0 Å². The second-order valence-electron chi connectivity index (χ2n) is 5.62. The quantitative estimate of drug-likeness (QED) is 0.827. The fourth-order valence-corrected chi connectivity index (χ4v) is 3.24. The number of hydrogen-bond donors (Lipinski definition) is 2. The first-order chi connectivity index (χ1) is 10.7. The summed E-state index contributed by atoms with van der Waals surface area (Å²) in [5.41, 5.74) is 1.56. The highest BCUT2D eigenvalue weighted by molar-refractivity contribution is 5.90. The van der Waals surface area contributed by atoms with Crippen molar-refractivity contribution < 1.29 is 19.1 Å². The third kappa shape index (κ3) is 2.11. The number of amides is 2. The molecule has 6 nitrogen and oxygen atoms in total. The number of carbonyl (C=O) groups is 2. The highest BCUT2D eigenvalue weighted by Gasteiger charge is 2.39. The van der Waals surface area contributed by atoms with Gasteiger partial charge in [0.25, 0.3) is 0 Å². The van der Waals surface area contributed by atoms with Crippen molar-refractivity contribution in [2.75, 3.05) is 13.2 Å². The molecule has 0 bridgehead atoms. The van der Waals surface area contributed by atoms with E-state index in [1.807, 2.05) is 24.3 Å². The van der Waals surface area contributed by atoms with Crippen LogP contribution in [0.3, 0.4) is 0 Å². The van der Waals surface area contributed by atoms with Gasteiger partial charge < -0.3 is 20.1 Å². The van der Waals surface area contributed by atoms with Gasteiger partial charge in [-0.2, -0.15) is 0 Å². The summed E-state index contributed by atoms with van der Waals surface area (Å²) in [6.45, 7) is 1.03. The minimum Gasteiger partial charge on any atom is -0.486 e. The molecule has 0 radical (unpaired) electrons. The molecule has 2 heterocycles. The van der Waals surface area contributed by atoms with Crippen LogP contribution in [0.4, 0.5) is 4.79 Å². The molecule has 0 spiro atoms. The number of allylic oxidation sites excluding steroid dienone is 1. The average Bonchev–Trinajstić information content (AvgIpc) is 2.53. The maximum atomic E-state index is 12.3. The van der Waals surface area contributed by atoms with Crippen LogP contribution < -0.4 is 20.1 Å². The molecule has 2 N–H and O–H groups in total. The largest absolute Gasteiger partial charge is 0.486 e. The summed E-state index contributed by atoms with van der Waals surface area (Å²) in [6, 6.07) is 4.91. The lowest BCUT2D eigenvalue weighted by Crippen LogP contribution is -2.51. The molecular weight excluding hydrogens is 284 g/mol. The van der Waals surface area contributed by atoms with Crippen LogP contribution >= 0.6 is 0 Å². The van der Waals surface area contributed by atoms with Crippen LogP contribution in [0.5, 0.6) is 11.5 Å². The van der Waals surface area contributed by atoms with Gasteiger partial charge >= 0.3 is 6.03 Å². The normalized spacial score (nSPS) is 26.5. The van der Waals surface area contributed by atoms with Gasteiger partial charge in [0.2, 0.25) is 0 Å². The van der Waals surface area contributed by atoms with Crippen LogP contribution in [-0.4, -0.2) is 25.0 Å². The van der Waals surface area contributed by atoms with Gasteiger partial charge in [0.05, 0.1) is 12.0 Å². The molecule has 4 rings (SSSR count). The van der Waals surface area contributed by atoms with Crippen molar-refractivity contribution >= 4 is 11.8 Å². The number of hydrogen-bond acceptors (Lipinski definition) is 4. The average molecular weight is 300 g/mol. The fraction of sp³-hybridized carbons (Fsp3) is 0.375. The van der Waals surface area contributed by atoms with Crippen LogP contribution in [0.25, 0.3) is 0 Å². The summed E-state index contributed by atoms with van der Waals surface area (Å²) in [7, 11) is 0. The predicted molar refractivity (Wildman–Crippen MR) is 77.7 cm³/mol. The molecule has 1 aliphatic carbocycles. The number of benzene rings is 1. The van der Waals surface area contributed by atoms with E-state index in [0.717, 1.165) is 5.56 Å². The van der Waals surface area contributed by atoms with Gasteiger partial charge in [0.1, 0.15) is 19.0 Å². The first-order valence-corrected chi connectivity index (χ1v) is 7.42. The Morgan fingerprint density at radius 2 is 1.91 bits per heavy atom. The molecule has 2 atom stereocenters.